The Bertz CT molecular complexity index is 1000. The van der Waals surface area contributed by atoms with Gasteiger partial charge in [0.15, 0.2) is 0 Å². The van der Waals surface area contributed by atoms with Gasteiger partial charge >= 0.3 is 0 Å². The highest BCUT2D eigenvalue weighted by molar-refractivity contribution is 5.83. The van der Waals surface area contributed by atoms with E-state index in [0.717, 1.165) is 22.6 Å². The number of carbonyl (C=O) groups excluding carboxylic acids is 1. The second-order valence-electron chi connectivity index (χ2n) is 9.01. The summed E-state index contributed by atoms with van der Waals surface area (Å²) in [4.78, 5) is 27.2. The van der Waals surface area contributed by atoms with Crippen molar-refractivity contribution in [2.75, 3.05) is 19.0 Å². The predicted molar refractivity (Wildman–Crippen MR) is 118 cm³/mol. The van der Waals surface area contributed by atoms with Crippen molar-refractivity contribution in [2.45, 2.75) is 46.6 Å². The number of para-hydroxylation sites is 1. The molecule has 1 atom stereocenters. The lowest BCUT2D eigenvalue weighted by molar-refractivity contribution is -0.123. The van der Waals surface area contributed by atoms with Gasteiger partial charge in [-0.25, -0.2) is 9.97 Å². The molecule has 0 bridgehead atoms. The molecule has 154 valence electrons. The molecule has 3 rings (SSSR count). The quantitative estimate of drug-likeness (QED) is 0.659. The highest BCUT2D eigenvalue weighted by Crippen LogP contribution is 2.26. The summed E-state index contributed by atoms with van der Waals surface area (Å²) in [5, 5.41) is 4.39. The Balaban J connectivity index is 1.96. The first-order valence-electron chi connectivity index (χ1n) is 9.99. The second-order valence-corrected chi connectivity index (χ2v) is 9.01. The Morgan fingerprint density at radius 2 is 1.93 bits per heavy atom. The highest BCUT2D eigenvalue weighted by atomic mass is 16.1. The number of rotatable bonds is 6. The Morgan fingerprint density at radius 1 is 1.21 bits per heavy atom. The summed E-state index contributed by atoms with van der Waals surface area (Å²) in [6.07, 6.45) is 3.14. The monoisotopic (exact) mass is 393 g/mol. The lowest BCUT2D eigenvalue weighted by Gasteiger charge is -2.23. The summed E-state index contributed by atoms with van der Waals surface area (Å²) in [6, 6.07) is 9.94. The van der Waals surface area contributed by atoms with Crippen molar-refractivity contribution in [3.8, 4) is 0 Å². The van der Waals surface area contributed by atoms with E-state index in [-0.39, 0.29) is 17.4 Å². The van der Waals surface area contributed by atoms with Crippen LogP contribution in [0.1, 0.15) is 50.3 Å². The number of H-pyrrole nitrogens is 1. The van der Waals surface area contributed by atoms with Crippen molar-refractivity contribution in [1.82, 2.24) is 20.3 Å². The van der Waals surface area contributed by atoms with Crippen LogP contribution in [0, 0.1) is 12.3 Å². The minimum atomic E-state index is -0.232. The largest absolute Gasteiger partial charge is 0.363 e. The fourth-order valence-electron chi connectivity index (χ4n) is 3.46. The SMILES string of the molecule is Cc1nc([C@@H](Cc2c[nH]c3ccccc23)NC(=O)CC(C)(C)C)cc(N(C)C)n1. The number of hydrogen-bond donors (Lipinski definition) is 2. The maximum atomic E-state index is 12.8. The van der Waals surface area contributed by atoms with Crippen LogP contribution in [-0.4, -0.2) is 35.0 Å². The van der Waals surface area contributed by atoms with Gasteiger partial charge in [-0.15, -0.1) is 0 Å². The summed E-state index contributed by atoms with van der Waals surface area (Å²) >= 11 is 0. The molecule has 2 heterocycles. The van der Waals surface area contributed by atoms with Gasteiger partial charge in [-0.2, -0.15) is 0 Å². The summed E-state index contributed by atoms with van der Waals surface area (Å²) < 4.78 is 0. The van der Waals surface area contributed by atoms with Crippen LogP contribution >= 0.6 is 0 Å². The third kappa shape index (κ3) is 5.34. The zero-order valence-electron chi connectivity index (χ0n) is 18.2. The van der Waals surface area contributed by atoms with Gasteiger partial charge < -0.3 is 15.2 Å². The van der Waals surface area contributed by atoms with Crippen LogP contribution in [0.2, 0.25) is 0 Å². The molecular weight excluding hydrogens is 362 g/mol. The molecule has 0 unspecified atom stereocenters. The molecule has 1 amide bonds. The molecule has 0 radical (unpaired) electrons. The topological polar surface area (TPSA) is 73.9 Å². The van der Waals surface area contributed by atoms with E-state index in [2.05, 4.69) is 53.2 Å². The first-order chi connectivity index (χ1) is 13.6. The lowest BCUT2D eigenvalue weighted by atomic mass is 9.91. The van der Waals surface area contributed by atoms with Gasteiger partial charge in [-0.05, 0) is 24.0 Å². The molecule has 6 heteroatoms. The van der Waals surface area contributed by atoms with E-state index >= 15 is 0 Å². The molecule has 1 aromatic carbocycles. The smallest absolute Gasteiger partial charge is 0.221 e. The number of amides is 1. The fraction of sp³-hybridized carbons (Fsp3) is 0.435. The van der Waals surface area contributed by atoms with Crippen LogP contribution in [0.5, 0.6) is 0 Å². The number of nitrogens with zero attached hydrogens (tertiary/aromatic N) is 3. The van der Waals surface area contributed by atoms with Crippen LogP contribution in [0.4, 0.5) is 5.82 Å². The van der Waals surface area contributed by atoms with Gasteiger partial charge in [-0.3, -0.25) is 4.79 Å². The zero-order chi connectivity index (χ0) is 21.2. The van der Waals surface area contributed by atoms with E-state index in [0.29, 0.717) is 18.7 Å². The number of anilines is 1. The molecule has 0 aliphatic heterocycles. The summed E-state index contributed by atoms with van der Waals surface area (Å²) in [6.45, 7) is 8.09. The molecular formula is C23H31N5O. The van der Waals surface area contributed by atoms with E-state index in [9.17, 15) is 4.79 Å². The lowest BCUT2D eigenvalue weighted by Crippen LogP contribution is -2.33. The molecule has 29 heavy (non-hydrogen) atoms. The number of hydrogen-bond acceptors (Lipinski definition) is 4. The summed E-state index contributed by atoms with van der Waals surface area (Å²) in [7, 11) is 3.91. The number of aryl methyl sites for hydroxylation is 1. The van der Waals surface area contributed by atoms with Crippen LogP contribution in [0.3, 0.4) is 0 Å². The Kier molecular flexibility index (Phi) is 5.91. The van der Waals surface area contributed by atoms with Crippen molar-refractivity contribution in [3.05, 3.63) is 53.6 Å². The number of carbonyl (C=O) groups is 1. The Hall–Kier alpha value is -2.89. The Labute approximate surface area is 172 Å². The van der Waals surface area contributed by atoms with E-state index in [4.69, 9.17) is 0 Å². The zero-order valence-corrected chi connectivity index (χ0v) is 18.2. The van der Waals surface area contributed by atoms with Gasteiger partial charge in [-0.1, -0.05) is 39.0 Å². The number of aromatic amines is 1. The van der Waals surface area contributed by atoms with Crippen LogP contribution in [-0.2, 0) is 11.2 Å². The highest BCUT2D eigenvalue weighted by Gasteiger charge is 2.23. The number of benzene rings is 1. The third-order valence-electron chi connectivity index (χ3n) is 4.78. The molecule has 2 N–H and O–H groups in total. The van der Waals surface area contributed by atoms with E-state index < -0.39 is 0 Å². The molecule has 3 aromatic rings. The van der Waals surface area contributed by atoms with Crippen LogP contribution in [0.25, 0.3) is 10.9 Å². The standard InChI is InChI=1S/C23H31N5O/c1-15-25-20(12-21(26-15)28(5)6)19(27-22(29)13-23(2,3)4)11-16-14-24-18-10-8-7-9-17(16)18/h7-10,12,14,19,24H,11,13H2,1-6H3,(H,27,29)/t19-/m1/s1. The average Bonchev–Trinajstić information content (AvgIpc) is 3.02. The maximum Gasteiger partial charge on any atom is 0.221 e. The second kappa shape index (κ2) is 8.23. The first-order valence-corrected chi connectivity index (χ1v) is 9.99. The normalized spacial score (nSPS) is 12.8. The van der Waals surface area contributed by atoms with Gasteiger partial charge in [0.05, 0.1) is 11.7 Å². The van der Waals surface area contributed by atoms with Crippen LogP contribution < -0.4 is 10.2 Å². The van der Waals surface area contributed by atoms with Crippen molar-refractivity contribution >= 4 is 22.6 Å². The van der Waals surface area contributed by atoms with Gasteiger partial charge in [0, 0.05) is 50.1 Å². The summed E-state index contributed by atoms with van der Waals surface area (Å²) in [5.41, 5.74) is 3.00. The Morgan fingerprint density at radius 3 is 2.62 bits per heavy atom. The van der Waals surface area contributed by atoms with Crippen LogP contribution in [0.15, 0.2) is 36.5 Å². The predicted octanol–water partition coefficient (Wildman–Crippen LogP) is 4.17. The average molecular weight is 394 g/mol. The minimum Gasteiger partial charge on any atom is -0.363 e. The molecule has 6 nitrogen and oxygen atoms in total. The molecule has 2 aromatic heterocycles. The number of fused-ring (bicyclic) bond motifs is 1. The molecule has 0 spiro atoms. The van der Waals surface area contributed by atoms with E-state index in [1.54, 1.807) is 0 Å². The van der Waals surface area contributed by atoms with E-state index in [1.165, 1.54) is 5.39 Å². The molecule has 0 aliphatic carbocycles. The van der Waals surface area contributed by atoms with E-state index in [1.807, 2.05) is 50.3 Å². The fourth-order valence-corrected chi connectivity index (χ4v) is 3.46. The van der Waals surface area contributed by atoms with Crippen molar-refractivity contribution < 1.29 is 4.79 Å². The maximum absolute atomic E-state index is 12.8. The van der Waals surface area contributed by atoms with Gasteiger partial charge in [0.25, 0.3) is 0 Å². The molecule has 0 aliphatic rings. The van der Waals surface area contributed by atoms with Gasteiger partial charge in [0.1, 0.15) is 11.6 Å². The molecule has 0 fully saturated rings. The summed E-state index contributed by atoms with van der Waals surface area (Å²) in [5.74, 6) is 1.56. The molecule has 0 saturated carbocycles. The first kappa shape index (κ1) is 20.8. The van der Waals surface area contributed by atoms with Crippen molar-refractivity contribution in [2.24, 2.45) is 5.41 Å². The van der Waals surface area contributed by atoms with Crippen molar-refractivity contribution in [3.63, 3.8) is 0 Å². The van der Waals surface area contributed by atoms with Crippen molar-refractivity contribution in [1.29, 1.82) is 0 Å². The minimum absolute atomic E-state index is 0.0324. The molecule has 0 saturated heterocycles. The number of nitrogens with one attached hydrogen (secondary N) is 2. The van der Waals surface area contributed by atoms with Gasteiger partial charge in [0.2, 0.25) is 5.91 Å². The number of aromatic nitrogens is 3. The third-order valence-corrected chi connectivity index (χ3v) is 4.78.